The van der Waals surface area contributed by atoms with Crippen LogP contribution in [0.5, 0.6) is 5.75 Å². The Bertz CT molecular complexity index is 733. The number of likely N-dealkylation sites (N-methyl/N-ethyl adjacent to an activating group) is 1. The van der Waals surface area contributed by atoms with Crippen LogP contribution in [0.15, 0.2) is 22.7 Å². The molecule has 1 saturated heterocycles. The van der Waals surface area contributed by atoms with Crippen LogP contribution in [-0.2, 0) is 20.9 Å². The topological polar surface area (TPSA) is 79.0 Å². The van der Waals surface area contributed by atoms with Crippen molar-refractivity contribution >= 4 is 33.7 Å². The fourth-order valence-corrected chi connectivity index (χ4v) is 3.88. The van der Waals surface area contributed by atoms with Crippen molar-refractivity contribution in [1.82, 2.24) is 15.1 Å². The average molecular weight is 468 g/mol. The maximum absolute atomic E-state index is 12.9. The molecule has 7 nitrogen and oxygen atoms in total. The van der Waals surface area contributed by atoms with E-state index in [1.807, 2.05) is 23.1 Å². The minimum Gasteiger partial charge on any atom is -0.497 e. The lowest BCUT2D eigenvalue weighted by Crippen LogP contribution is -2.40. The number of amides is 3. The molecule has 0 atom stereocenters. The SMILES string of the molecule is CNC(=O)CN(Cc1cc(OC)ccc1Br)C(=O)CCC1CCN(C(C)=O)CC1. The third-order valence-electron chi connectivity index (χ3n) is 5.41. The number of carbonyl (C=O) groups is 3. The first kappa shape index (κ1) is 23.2. The van der Waals surface area contributed by atoms with Gasteiger partial charge < -0.3 is 19.9 Å². The number of nitrogens with one attached hydrogen (secondary N) is 1. The Morgan fingerprint density at radius 1 is 1.28 bits per heavy atom. The molecule has 1 N–H and O–H groups in total. The smallest absolute Gasteiger partial charge is 0.239 e. The molecule has 1 aliphatic heterocycles. The van der Waals surface area contributed by atoms with Gasteiger partial charge in [-0.05, 0) is 48.9 Å². The van der Waals surface area contributed by atoms with Crippen LogP contribution in [0.25, 0.3) is 0 Å². The number of likely N-dealkylation sites (tertiary alicyclic amines) is 1. The van der Waals surface area contributed by atoms with E-state index in [0.717, 1.165) is 42.4 Å². The van der Waals surface area contributed by atoms with Gasteiger partial charge in [-0.15, -0.1) is 0 Å². The summed E-state index contributed by atoms with van der Waals surface area (Å²) in [5.41, 5.74) is 0.886. The number of hydrogen-bond donors (Lipinski definition) is 1. The van der Waals surface area contributed by atoms with Crippen LogP contribution >= 0.6 is 15.9 Å². The third-order valence-corrected chi connectivity index (χ3v) is 6.18. The average Bonchev–Trinajstić information content (AvgIpc) is 2.73. The van der Waals surface area contributed by atoms with Gasteiger partial charge in [-0.1, -0.05) is 15.9 Å². The number of ether oxygens (including phenoxy) is 1. The van der Waals surface area contributed by atoms with Gasteiger partial charge in [-0.25, -0.2) is 0 Å². The van der Waals surface area contributed by atoms with E-state index in [0.29, 0.717) is 24.6 Å². The van der Waals surface area contributed by atoms with Crippen LogP contribution in [0.3, 0.4) is 0 Å². The fourth-order valence-electron chi connectivity index (χ4n) is 3.51. The highest BCUT2D eigenvalue weighted by atomic mass is 79.9. The number of methoxy groups -OCH3 is 1. The van der Waals surface area contributed by atoms with Gasteiger partial charge in [0.1, 0.15) is 5.75 Å². The molecule has 0 saturated carbocycles. The summed E-state index contributed by atoms with van der Waals surface area (Å²) in [6.07, 6.45) is 3.00. The molecule has 2 rings (SSSR count). The predicted octanol–water partition coefficient (Wildman–Crippen LogP) is 2.57. The second kappa shape index (κ2) is 11.2. The predicted molar refractivity (Wildman–Crippen MR) is 114 cm³/mol. The second-order valence-corrected chi connectivity index (χ2v) is 8.22. The standard InChI is InChI=1S/C21H30BrN3O4/c1-15(26)24-10-8-16(9-11-24)4-7-21(28)25(14-20(27)23-2)13-17-12-18(29-3)5-6-19(17)22/h5-6,12,16H,4,7-11,13-14H2,1-3H3,(H,23,27). The first-order valence-corrected chi connectivity index (χ1v) is 10.7. The Hall–Kier alpha value is -2.09. The summed E-state index contributed by atoms with van der Waals surface area (Å²) in [5.74, 6) is 0.998. The van der Waals surface area contributed by atoms with Crippen molar-refractivity contribution in [1.29, 1.82) is 0 Å². The Kier molecular flexibility index (Phi) is 8.95. The summed E-state index contributed by atoms with van der Waals surface area (Å²) in [6.45, 7) is 3.45. The summed E-state index contributed by atoms with van der Waals surface area (Å²) in [4.78, 5) is 39.8. The van der Waals surface area contributed by atoms with E-state index in [-0.39, 0.29) is 24.3 Å². The molecule has 1 aromatic carbocycles. The van der Waals surface area contributed by atoms with Crippen molar-refractivity contribution in [3.63, 3.8) is 0 Å². The lowest BCUT2D eigenvalue weighted by Gasteiger charge is -2.31. The molecule has 0 unspecified atom stereocenters. The largest absolute Gasteiger partial charge is 0.497 e. The number of benzene rings is 1. The highest BCUT2D eigenvalue weighted by Crippen LogP contribution is 2.25. The van der Waals surface area contributed by atoms with Crippen molar-refractivity contribution in [2.24, 2.45) is 5.92 Å². The molecule has 0 radical (unpaired) electrons. The van der Waals surface area contributed by atoms with Crippen LogP contribution in [0.2, 0.25) is 0 Å². The monoisotopic (exact) mass is 467 g/mol. The fraction of sp³-hybridized carbons (Fsp3) is 0.571. The number of halogens is 1. The van der Waals surface area contributed by atoms with E-state index in [1.54, 1.807) is 26.0 Å². The van der Waals surface area contributed by atoms with Crippen molar-refractivity contribution in [3.05, 3.63) is 28.2 Å². The highest BCUT2D eigenvalue weighted by Gasteiger charge is 2.23. The molecule has 0 spiro atoms. The zero-order valence-electron chi connectivity index (χ0n) is 17.4. The molecule has 3 amide bonds. The molecule has 8 heteroatoms. The van der Waals surface area contributed by atoms with Crippen molar-refractivity contribution < 1.29 is 19.1 Å². The molecule has 1 aromatic rings. The minimum absolute atomic E-state index is 0.0156. The van der Waals surface area contributed by atoms with Gasteiger partial charge in [0.15, 0.2) is 0 Å². The maximum Gasteiger partial charge on any atom is 0.239 e. The zero-order valence-corrected chi connectivity index (χ0v) is 19.0. The summed E-state index contributed by atoms with van der Waals surface area (Å²) in [7, 11) is 3.16. The maximum atomic E-state index is 12.9. The van der Waals surface area contributed by atoms with E-state index in [4.69, 9.17) is 4.74 Å². The zero-order chi connectivity index (χ0) is 21.4. The van der Waals surface area contributed by atoms with E-state index >= 15 is 0 Å². The lowest BCUT2D eigenvalue weighted by molar-refractivity contribution is -0.137. The number of hydrogen-bond acceptors (Lipinski definition) is 4. The molecule has 0 aromatic heterocycles. The quantitative estimate of drug-likeness (QED) is 0.636. The molecule has 160 valence electrons. The van der Waals surface area contributed by atoms with Gasteiger partial charge in [-0.3, -0.25) is 14.4 Å². The summed E-state index contributed by atoms with van der Waals surface area (Å²) < 4.78 is 6.14. The summed E-state index contributed by atoms with van der Waals surface area (Å²) >= 11 is 3.51. The van der Waals surface area contributed by atoms with Gasteiger partial charge in [0.25, 0.3) is 0 Å². The summed E-state index contributed by atoms with van der Waals surface area (Å²) in [6, 6.07) is 5.58. The van der Waals surface area contributed by atoms with Gasteiger partial charge in [0.05, 0.1) is 13.7 Å². The molecular weight excluding hydrogens is 438 g/mol. The van der Waals surface area contributed by atoms with Gasteiger partial charge in [0.2, 0.25) is 17.7 Å². The molecule has 0 aliphatic carbocycles. The van der Waals surface area contributed by atoms with Crippen molar-refractivity contribution in [2.45, 2.75) is 39.2 Å². The third kappa shape index (κ3) is 7.03. The van der Waals surface area contributed by atoms with Crippen LogP contribution in [0.4, 0.5) is 0 Å². The number of rotatable bonds is 8. The molecule has 29 heavy (non-hydrogen) atoms. The van der Waals surface area contributed by atoms with Crippen LogP contribution in [0, 0.1) is 5.92 Å². The Balaban J connectivity index is 1.99. The highest BCUT2D eigenvalue weighted by molar-refractivity contribution is 9.10. The van der Waals surface area contributed by atoms with E-state index in [1.165, 1.54) is 0 Å². The molecular formula is C21H30BrN3O4. The van der Waals surface area contributed by atoms with E-state index in [2.05, 4.69) is 21.2 Å². The number of nitrogens with zero attached hydrogens (tertiary/aromatic N) is 2. The minimum atomic E-state index is -0.202. The van der Waals surface area contributed by atoms with Crippen LogP contribution < -0.4 is 10.1 Å². The Morgan fingerprint density at radius 2 is 1.97 bits per heavy atom. The number of carbonyl (C=O) groups excluding carboxylic acids is 3. The van der Waals surface area contributed by atoms with E-state index < -0.39 is 0 Å². The Morgan fingerprint density at radius 3 is 2.55 bits per heavy atom. The van der Waals surface area contributed by atoms with E-state index in [9.17, 15) is 14.4 Å². The first-order valence-electron chi connectivity index (χ1n) is 9.90. The normalized spacial score (nSPS) is 14.4. The Labute approximate surface area is 180 Å². The molecule has 0 bridgehead atoms. The first-order chi connectivity index (χ1) is 13.8. The molecule has 1 heterocycles. The van der Waals surface area contributed by atoms with Crippen molar-refractivity contribution in [2.75, 3.05) is 33.8 Å². The van der Waals surface area contributed by atoms with Crippen LogP contribution in [0.1, 0.15) is 38.2 Å². The number of piperidine rings is 1. The molecule has 1 fully saturated rings. The van der Waals surface area contributed by atoms with Gasteiger partial charge in [0, 0.05) is 44.5 Å². The second-order valence-electron chi connectivity index (χ2n) is 7.37. The van der Waals surface area contributed by atoms with Crippen LogP contribution in [-0.4, -0.2) is 61.3 Å². The van der Waals surface area contributed by atoms with Gasteiger partial charge in [-0.2, -0.15) is 0 Å². The molecule has 1 aliphatic rings. The summed E-state index contributed by atoms with van der Waals surface area (Å²) in [5, 5.41) is 2.59. The van der Waals surface area contributed by atoms with Crippen molar-refractivity contribution in [3.8, 4) is 5.75 Å². The van der Waals surface area contributed by atoms with Gasteiger partial charge >= 0.3 is 0 Å². The lowest BCUT2D eigenvalue weighted by atomic mass is 9.92.